The van der Waals surface area contributed by atoms with Crippen LogP contribution in [0.1, 0.15) is 10.4 Å². The predicted molar refractivity (Wildman–Crippen MR) is 67.6 cm³/mol. The van der Waals surface area contributed by atoms with Crippen LogP contribution in [0.25, 0.3) is 0 Å². The molecule has 1 aliphatic rings. The van der Waals surface area contributed by atoms with Gasteiger partial charge in [-0.1, -0.05) is 12.1 Å². The summed E-state index contributed by atoms with van der Waals surface area (Å²) in [6, 6.07) is 6.15. The van der Waals surface area contributed by atoms with Crippen molar-refractivity contribution in [2.45, 2.75) is 4.90 Å². The number of benzene rings is 1. The lowest BCUT2D eigenvalue weighted by atomic mass is 10.1. The maximum absolute atomic E-state index is 12.1. The van der Waals surface area contributed by atoms with Gasteiger partial charge in [-0.15, -0.1) is 11.6 Å². The molecule has 1 aromatic rings. The van der Waals surface area contributed by atoms with Crippen LogP contribution in [0, 0.1) is 0 Å². The van der Waals surface area contributed by atoms with E-state index in [-0.39, 0.29) is 35.0 Å². The van der Waals surface area contributed by atoms with Gasteiger partial charge in [-0.3, -0.25) is 4.79 Å². The minimum Gasteiger partial charge on any atom is -0.375 e. The van der Waals surface area contributed by atoms with E-state index >= 15 is 0 Å². The molecule has 0 radical (unpaired) electrons. The molecule has 2 rings (SSSR count). The molecule has 0 N–H and O–H groups in total. The third kappa shape index (κ3) is 2.48. The molecule has 6 heteroatoms. The number of ether oxygens (including phenoxy) is 1. The Hall–Kier alpha value is -1.17. The largest absolute Gasteiger partial charge is 0.375 e. The van der Waals surface area contributed by atoms with Crippen molar-refractivity contribution in [3.05, 3.63) is 40.8 Å². The second kappa shape index (κ2) is 5.22. The highest BCUT2D eigenvalue weighted by molar-refractivity contribution is 7.94. The molecular weight excluding hydrogens is 276 g/mol. The Morgan fingerprint density at radius 3 is 2.67 bits per heavy atom. The number of sulfone groups is 1. The number of hydrogen-bond acceptors (Lipinski definition) is 4. The van der Waals surface area contributed by atoms with Crippen molar-refractivity contribution in [3.63, 3.8) is 0 Å². The van der Waals surface area contributed by atoms with E-state index in [1.807, 2.05) is 0 Å². The summed E-state index contributed by atoms with van der Waals surface area (Å²) in [5, 5.41) is 0.978. The van der Waals surface area contributed by atoms with Gasteiger partial charge in [-0.25, -0.2) is 8.42 Å². The number of rotatable bonds is 4. The van der Waals surface area contributed by atoms with Gasteiger partial charge in [-0.2, -0.15) is 0 Å². The van der Waals surface area contributed by atoms with Crippen LogP contribution >= 0.6 is 11.6 Å². The van der Waals surface area contributed by atoms with Crippen molar-refractivity contribution in [2.75, 3.05) is 19.1 Å². The van der Waals surface area contributed by atoms with Gasteiger partial charge >= 0.3 is 0 Å². The molecule has 0 saturated heterocycles. The van der Waals surface area contributed by atoms with Gasteiger partial charge in [0.05, 0.1) is 18.1 Å². The van der Waals surface area contributed by atoms with Gasteiger partial charge in [0.1, 0.15) is 0 Å². The molecule has 4 nitrogen and oxygen atoms in total. The van der Waals surface area contributed by atoms with E-state index in [1.54, 1.807) is 12.1 Å². The molecule has 0 atom stereocenters. The topological polar surface area (TPSA) is 60.4 Å². The van der Waals surface area contributed by atoms with Gasteiger partial charge in [0.2, 0.25) is 9.84 Å². The number of hydrogen-bond donors (Lipinski definition) is 0. The highest BCUT2D eigenvalue weighted by atomic mass is 35.5. The Morgan fingerprint density at radius 2 is 1.94 bits per heavy atom. The highest BCUT2D eigenvalue weighted by Gasteiger charge is 2.29. The van der Waals surface area contributed by atoms with Crippen LogP contribution < -0.4 is 0 Å². The Balaban J connectivity index is 2.37. The zero-order chi connectivity index (χ0) is 13.2. The minimum absolute atomic E-state index is 0.0425. The molecule has 0 unspecified atom stereocenters. The van der Waals surface area contributed by atoms with Gasteiger partial charge < -0.3 is 4.74 Å². The zero-order valence-electron chi connectivity index (χ0n) is 9.43. The van der Waals surface area contributed by atoms with Crippen LogP contribution in [0.2, 0.25) is 0 Å². The molecule has 0 aromatic heterocycles. The molecule has 96 valence electrons. The third-order valence-electron chi connectivity index (χ3n) is 2.51. The van der Waals surface area contributed by atoms with E-state index in [1.165, 1.54) is 12.1 Å². The second-order valence-electron chi connectivity index (χ2n) is 3.75. The van der Waals surface area contributed by atoms with E-state index in [9.17, 15) is 13.2 Å². The fourth-order valence-electron chi connectivity index (χ4n) is 1.72. The Morgan fingerprint density at radius 1 is 1.22 bits per heavy atom. The monoisotopic (exact) mass is 286 g/mol. The van der Waals surface area contributed by atoms with E-state index in [2.05, 4.69) is 0 Å². The number of carbonyl (C=O) groups excluding carboxylic acids is 1. The summed E-state index contributed by atoms with van der Waals surface area (Å²) in [6.45, 7) is 0.229. The highest BCUT2D eigenvalue weighted by Crippen LogP contribution is 2.27. The second-order valence-corrected chi connectivity index (χ2v) is 5.90. The molecule has 1 aliphatic heterocycles. The van der Waals surface area contributed by atoms with Crippen molar-refractivity contribution in [1.29, 1.82) is 0 Å². The average molecular weight is 287 g/mol. The van der Waals surface area contributed by atoms with E-state index in [0.29, 0.717) is 5.88 Å². The van der Waals surface area contributed by atoms with Gasteiger partial charge in [0.15, 0.2) is 5.78 Å². The summed E-state index contributed by atoms with van der Waals surface area (Å²) < 4.78 is 29.0. The van der Waals surface area contributed by atoms with Crippen LogP contribution in [0.4, 0.5) is 0 Å². The summed E-state index contributed by atoms with van der Waals surface area (Å²) in [6.07, 6.45) is 0. The van der Waals surface area contributed by atoms with Crippen LogP contribution in [0.5, 0.6) is 0 Å². The fraction of sp³-hybridized carbons (Fsp3) is 0.250. The van der Waals surface area contributed by atoms with Crippen molar-refractivity contribution in [1.82, 2.24) is 0 Å². The molecule has 0 amide bonds. The number of ketones is 1. The fourth-order valence-corrected chi connectivity index (χ4v) is 3.24. The molecular formula is C12H11ClO4S. The first-order valence-corrected chi connectivity index (χ1v) is 7.37. The summed E-state index contributed by atoms with van der Waals surface area (Å²) in [5.41, 5.74) is 0.336. The van der Waals surface area contributed by atoms with Crippen molar-refractivity contribution >= 4 is 27.2 Å². The number of Topliss-reactive ketones (excluding diaryl/α,β-unsaturated/α-hetero) is 1. The standard InChI is InChI=1S/C12H11ClO4S/c13-5-6-17-7-9-8-18(15,16)11-4-2-1-3-10(11)12(9)14/h1-4,8H,5-7H2. The lowest BCUT2D eigenvalue weighted by molar-refractivity contribution is 0.0987. The molecule has 0 fully saturated rings. The lowest BCUT2D eigenvalue weighted by Gasteiger charge is -2.15. The molecule has 1 aromatic carbocycles. The smallest absolute Gasteiger partial charge is 0.201 e. The van der Waals surface area contributed by atoms with Crippen LogP contribution in [0.3, 0.4) is 0 Å². The summed E-state index contributed by atoms with van der Waals surface area (Å²) in [5.74, 6) is -0.0138. The molecule has 0 bridgehead atoms. The molecule has 0 aliphatic carbocycles. The van der Waals surface area contributed by atoms with Gasteiger partial charge in [-0.05, 0) is 12.1 Å². The minimum atomic E-state index is -3.56. The van der Waals surface area contributed by atoms with Crippen molar-refractivity contribution in [2.24, 2.45) is 0 Å². The zero-order valence-corrected chi connectivity index (χ0v) is 11.0. The van der Waals surface area contributed by atoms with E-state index < -0.39 is 9.84 Å². The first-order chi connectivity index (χ1) is 8.56. The predicted octanol–water partition coefficient (Wildman–Crippen LogP) is 1.80. The lowest BCUT2D eigenvalue weighted by Crippen LogP contribution is -2.20. The summed E-state index contributed by atoms with van der Waals surface area (Å²) >= 11 is 5.45. The maximum atomic E-state index is 12.1. The normalized spacial score (nSPS) is 17.2. The van der Waals surface area contributed by atoms with Crippen molar-refractivity contribution in [3.8, 4) is 0 Å². The van der Waals surface area contributed by atoms with E-state index in [4.69, 9.17) is 16.3 Å². The molecule has 18 heavy (non-hydrogen) atoms. The summed E-state index contributed by atoms with van der Waals surface area (Å²) in [7, 11) is -3.56. The van der Waals surface area contributed by atoms with Gasteiger partial charge in [0, 0.05) is 22.4 Å². The Labute approximate surface area is 110 Å². The number of carbonyl (C=O) groups is 1. The summed E-state index contributed by atoms with van der Waals surface area (Å²) in [4.78, 5) is 12.1. The van der Waals surface area contributed by atoms with Crippen LogP contribution in [-0.2, 0) is 14.6 Å². The van der Waals surface area contributed by atoms with E-state index in [0.717, 1.165) is 5.41 Å². The SMILES string of the molecule is O=C1C(COCCCl)=CS(=O)(=O)c2ccccc21. The van der Waals surface area contributed by atoms with Crippen LogP contribution in [-0.4, -0.2) is 33.3 Å². The number of alkyl halides is 1. The molecule has 0 spiro atoms. The van der Waals surface area contributed by atoms with Crippen LogP contribution in [0.15, 0.2) is 40.1 Å². The molecule has 0 saturated carbocycles. The maximum Gasteiger partial charge on any atom is 0.201 e. The first-order valence-electron chi connectivity index (χ1n) is 5.29. The number of halogens is 1. The number of fused-ring (bicyclic) bond motifs is 1. The Kier molecular flexibility index (Phi) is 3.85. The first kappa shape index (κ1) is 13.3. The van der Waals surface area contributed by atoms with Crippen molar-refractivity contribution < 1.29 is 17.9 Å². The third-order valence-corrected chi connectivity index (χ3v) is 4.22. The quantitative estimate of drug-likeness (QED) is 0.625. The Bertz CT molecular complexity index is 604. The average Bonchev–Trinajstić information content (AvgIpc) is 2.36. The van der Waals surface area contributed by atoms with Gasteiger partial charge in [0.25, 0.3) is 0 Å². The molecule has 1 heterocycles.